The minimum absolute atomic E-state index is 0.261. The Balaban J connectivity index is 2.12. The Morgan fingerprint density at radius 2 is 0.895 bits per heavy atom. The summed E-state index contributed by atoms with van der Waals surface area (Å²) >= 11 is -8.78. The normalized spacial score (nSPS) is 17.1. The average Bonchev–Trinajstić information content (AvgIpc) is 2.86. The number of rotatable bonds is 13. The Morgan fingerprint density at radius 3 is 1.13 bits per heavy atom. The second-order valence-corrected chi connectivity index (χ2v) is 16.7. The van der Waals surface area contributed by atoms with E-state index >= 15 is 0 Å². The monoisotopic (exact) mass is 746 g/mol. The predicted octanol–water partition coefficient (Wildman–Crippen LogP) is 2.40. The summed E-state index contributed by atoms with van der Waals surface area (Å²) in [6.07, 6.45) is 3.03. The fourth-order valence-corrected chi connectivity index (χ4v) is 11.5. The summed E-state index contributed by atoms with van der Waals surface area (Å²) in [5.74, 6) is -9.93. The van der Waals surface area contributed by atoms with Crippen molar-refractivity contribution in [2.24, 2.45) is 35.5 Å². The van der Waals surface area contributed by atoms with Crippen molar-refractivity contribution in [3.8, 4) is 0 Å². The molecule has 2 heterocycles. The number of carbonyl (C=O) groups is 6. The van der Waals surface area contributed by atoms with Crippen molar-refractivity contribution in [1.29, 1.82) is 0 Å². The summed E-state index contributed by atoms with van der Waals surface area (Å²) in [6, 6.07) is 0. The van der Waals surface area contributed by atoms with Gasteiger partial charge in [-0.25, -0.2) is 0 Å². The van der Waals surface area contributed by atoms with Gasteiger partial charge in [-0.2, -0.15) is 0 Å². The van der Waals surface area contributed by atoms with E-state index in [0.29, 0.717) is 38.5 Å². The Hall–Kier alpha value is -1.44. The molecule has 0 aromatic heterocycles. The molecule has 14 heteroatoms. The van der Waals surface area contributed by atoms with E-state index < -0.39 is 105 Å². The molecule has 12 nitrogen and oxygen atoms in total. The number of hydrogen-bond acceptors (Lipinski definition) is 12. The zero-order chi connectivity index (χ0) is 28.6. The molecule has 2 aliphatic heterocycles. The van der Waals surface area contributed by atoms with Crippen molar-refractivity contribution < 1.29 is 45.9 Å². The van der Waals surface area contributed by atoms with Crippen LogP contribution in [0, 0.1) is 35.5 Å². The third kappa shape index (κ3) is 7.82. The van der Waals surface area contributed by atoms with Gasteiger partial charge in [0.05, 0.1) is 0 Å². The van der Waals surface area contributed by atoms with Crippen molar-refractivity contribution >= 4 is 81.3 Å². The molecule has 0 unspecified atom stereocenters. The Bertz CT molecular complexity index is 795. The van der Waals surface area contributed by atoms with Crippen LogP contribution in [-0.4, -0.2) is 81.3 Å². The fourth-order valence-electron chi connectivity index (χ4n) is 4.88. The third-order valence-electron chi connectivity index (χ3n) is 7.36. The molecule has 0 spiro atoms. The summed E-state index contributed by atoms with van der Waals surface area (Å²) in [5.41, 5.74) is 0. The van der Waals surface area contributed by atoms with Crippen molar-refractivity contribution in [2.45, 2.75) is 80.1 Å². The molecular formula is C24H36In2O12. The third-order valence-corrected chi connectivity index (χ3v) is 14.6. The van der Waals surface area contributed by atoms with E-state index in [1.807, 2.05) is 27.7 Å². The second kappa shape index (κ2) is 15.4. The Labute approximate surface area is 241 Å². The molecule has 0 saturated carbocycles. The molecule has 0 aliphatic carbocycles. The summed E-state index contributed by atoms with van der Waals surface area (Å²) in [7, 11) is 0. The standard InChI is InChI=1S/3C8H14O4.2In/c3*1-3-5(4-2)6(7(9)10)8(11)12;;/h3*5-6H,3-4H2,1-2H3,(H,9,10)(H,11,12);;/q;;;2*+3/p-6. The van der Waals surface area contributed by atoms with Crippen LogP contribution in [0.1, 0.15) is 80.1 Å². The quantitative estimate of drug-likeness (QED) is 0.254. The zero-order valence-electron chi connectivity index (χ0n) is 22.8. The van der Waals surface area contributed by atoms with Gasteiger partial charge in [-0.05, 0) is 0 Å². The topological polar surface area (TPSA) is 158 Å². The van der Waals surface area contributed by atoms with Gasteiger partial charge in [-0.3, -0.25) is 0 Å². The van der Waals surface area contributed by atoms with Crippen molar-refractivity contribution in [1.82, 2.24) is 0 Å². The molecule has 2 saturated heterocycles. The molecule has 0 atom stereocenters. The van der Waals surface area contributed by atoms with Gasteiger partial charge in [0, 0.05) is 0 Å². The van der Waals surface area contributed by atoms with E-state index in [4.69, 9.17) is 17.1 Å². The molecule has 210 valence electrons. The van der Waals surface area contributed by atoms with Gasteiger partial charge in [0.15, 0.2) is 0 Å². The first-order chi connectivity index (χ1) is 18.1. The Kier molecular flexibility index (Phi) is 13.3. The van der Waals surface area contributed by atoms with Crippen LogP contribution < -0.4 is 0 Å². The van der Waals surface area contributed by atoms with Crippen LogP contribution in [0.3, 0.4) is 0 Å². The average molecular weight is 746 g/mol. The van der Waals surface area contributed by atoms with Crippen LogP contribution in [0.5, 0.6) is 0 Å². The van der Waals surface area contributed by atoms with Crippen molar-refractivity contribution in [3.63, 3.8) is 0 Å². The summed E-state index contributed by atoms with van der Waals surface area (Å²) < 4.78 is 31.6. The number of hydrogen-bond donors (Lipinski definition) is 0. The first-order valence-corrected chi connectivity index (χ1v) is 21.4. The van der Waals surface area contributed by atoms with E-state index in [2.05, 4.69) is 0 Å². The fraction of sp³-hybridized carbons (Fsp3) is 0.750. The first-order valence-electron chi connectivity index (χ1n) is 13.3. The van der Waals surface area contributed by atoms with Gasteiger partial charge in [-0.15, -0.1) is 0 Å². The van der Waals surface area contributed by atoms with Crippen LogP contribution in [0.4, 0.5) is 0 Å². The van der Waals surface area contributed by atoms with Gasteiger partial charge in [-0.1, -0.05) is 0 Å². The molecule has 2 rings (SSSR count). The molecule has 0 bridgehead atoms. The van der Waals surface area contributed by atoms with Crippen LogP contribution in [0.15, 0.2) is 0 Å². The zero-order valence-corrected chi connectivity index (χ0v) is 29.4. The van der Waals surface area contributed by atoms with Crippen molar-refractivity contribution in [3.05, 3.63) is 0 Å². The molecule has 2 fully saturated rings. The van der Waals surface area contributed by atoms with Crippen LogP contribution in [-0.2, 0) is 45.9 Å². The van der Waals surface area contributed by atoms with Gasteiger partial charge in [0.25, 0.3) is 0 Å². The molecule has 0 aromatic carbocycles. The van der Waals surface area contributed by atoms with Crippen molar-refractivity contribution in [2.75, 3.05) is 0 Å². The van der Waals surface area contributed by atoms with Gasteiger partial charge >= 0.3 is 243 Å². The minimum atomic E-state index is -4.39. The first kappa shape index (κ1) is 32.8. The van der Waals surface area contributed by atoms with Gasteiger partial charge < -0.3 is 0 Å². The Morgan fingerprint density at radius 1 is 0.605 bits per heavy atom. The maximum atomic E-state index is 13.1. The van der Waals surface area contributed by atoms with Gasteiger partial charge in [0.2, 0.25) is 0 Å². The SMILES string of the molecule is CCC(CC)C1C(=O)[O][In]([O]C(=O)C(C(=O)[O][In]2[O]C(=O)C(C(CC)CC)C(=O)[O]2)C(CC)CC)[O]C1=O. The molecule has 0 radical (unpaired) electrons. The molecular weight excluding hydrogens is 710 g/mol. The van der Waals surface area contributed by atoms with E-state index in [-0.39, 0.29) is 11.8 Å². The summed E-state index contributed by atoms with van der Waals surface area (Å²) in [4.78, 5) is 76.2. The van der Waals surface area contributed by atoms with E-state index in [9.17, 15) is 28.8 Å². The van der Waals surface area contributed by atoms with Crippen LogP contribution in [0.25, 0.3) is 0 Å². The predicted molar refractivity (Wildman–Crippen MR) is 131 cm³/mol. The molecule has 0 N–H and O–H groups in total. The molecule has 2 aliphatic rings. The maximum absolute atomic E-state index is 13.1. The van der Waals surface area contributed by atoms with E-state index in [1.54, 1.807) is 13.8 Å². The molecule has 0 amide bonds. The summed E-state index contributed by atoms with van der Waals surface area (Å²) in [5, 5.41) is 0. The van der Waals surface area contributed by atoms with Gasteiger partial charge in [0.1, 0.15) is 0 Å². The van der Waals surface area contributed by atoms with Crippen LogP contribution in [0.2, 0.25) is 0 Å². The second-order valence-electron chi connectivity index (χ2n) is 9.36. The molecule has 0 aromatic rings. The van der Waals surface area contributed by atoms with E-state index in [0.717, 1.165) is 0 Å². The molecule has 38 heavy (non-hydrogen) atoms. The van der Waals surface area contributed by atoms with E-state index in [1.165, 1.54) is 0 Å². The summed E-state index contributed by atoms with van der Waals surface area (Å²) in [6.45, 7) is 10.9. The number of carbonyl (C=O) groups excluding carboxylic acids is 6. The van der Waals surface area contributed by atoms with Crippen LogP contribution >= 0.6 is 0 Å².